The van der Waals surface area contributed by atoms with Gasteiger partial charge in [0.05, 0.1) is 15.8 Å². The molecule has 0 unspecified atom stereocenters. The normalized spacial score (nSPS) is 21.4. The molecule has 2 aliphatic rings. The second-order valence-electron chi connectivity index (χ2n) is 10.6. The predicted molar refractivity (Wildman–Crippen MR) is 153 cm³/mol. The zero-order valence-electron chi connectivity index (χ0n) is 22.2. The largest absolute Gasteiger partial charge is 0.435 e. The Kier molecular flexibility index (Phi) is 7.68. The summed E-state index contributed by atoms with van der Waals surface area (Å²) in [6.07, 6.45) is -11.8. The van der Waals surface area contributed by atoms with Gasteiger partial charge in [-0.05, 0) is 102 Å². The molecule has 232 valence electrons. The topological polar surface area (TPSA) is 71.5 Å². The van der Waals surface area contributed by atoms with E-state index < -0.39 is 54.0 Å². The molecule has 3 aromatic carbocycles. The number of anilines is 1. The molecule has 0 saturated carbocycles. The van der Waals surface area contributed by atoms with Crippen LogP contribution in [-0.4, -0.2) is 48.0 Å². The van der Waals surface area contributed by atoms with Crippen molar-refractivity contribution in [3.63, 3.8) is 0 Å². The smallest absolute Gasteiger partial charge is 0.367 e. The summed E-state index contributed by atoms with van der Waals surface area (Å²) in [4.78, 5) is 1.71. The molecular weight excluding hydrogens is 738 g/mol. The predicted octanol–water partition coefficient (Wildman–Crippen LogP) is 6.88. The second kappa shape index (κ2) is 10.3. The molecule has 1 aliphatic heterocycles. The molecule has 43 heavy (non-hydrogen) atoms. The van der Waals surface area contributed by atoms with E-state index in [0.29, 0.717) is 17.8 Å². The first-order valence-corrected chi connectivity index (χ1v) is 17.2. The fourth-order valence-corrected chi connectivity index (χ4v) is 9.60. The van der Waals surface area contributed by atoms with Crippen LogP contribution in [0, 0.1) is 3.57 Å². The number of rotatable bonds is 5. The van der Waals surface area contributed by atoms with E-state index in [0.717, 1.165) is 15.9 Å². The lowest BCUT2D eigenvalue weighted by Gasteiger charge is -2.43. The van der Waals surface area contributed by atoms with Crippen LogP contribution in [-0.2, 0) is 36.5 Å². The summed E-state index contributed by atoms with van der Waals surface area (Å²) in [5.41, 5.74) is -6.94. The number of alkyl halides is 7. The van der Waals surface area contributed by atoms with Crippen molar-refractivity contribution in [1.29, 1.82) is 0 Å². The number of sulfone groups is 2. The molecule has 0 aromatic heterocycles. The van der Waals surface area contributed by atoms with Crippen molar-refractivity contribution in [1.82, 2.24) is 0 Å². The van der Waals surface area contributed by atoms with Gasteiger partial charge in [-0.15, -0.1) is 0 Å². The number of hydrogen-bond acceptors (Lipinski definition) is 5. The van der Waals surface area contributed by atoms with Gasteiger partial charge in [-0.3, -0.25) is 0 Å². The first-order chi connectivity index (χ1) is 19.7. The SMILES string of the molecule is CS(=O)(=O)c1ccc(N2CC[C@@]3(S(=O)(=O)c4ccc(I)cc4)c4ccc(C(F)(C(F)(F)F)C(F)(F)F)cc4CC[C@@H]23)cc1. The average molecular weight is 762 g/mol. The minimum Gasteiger partial charge on any atom is -0.367 e. The van der Waals surface area contributed by atoms with Crippen molar-refractivity contribution < 1.29 is 47.6 Å². The Morgan fingerprint density at radius 3 is 1.91 bits per heavy atom. The number of hydrogen-bond donors (Lipinski definition) is 0. The maximum absolute atomic E-state index is 15.0. The van der Waals surface area contributed by atoms with E-state index in [-0.39, 0.29) is 46.7 Å². The van der Waals surface area contributed by atoms with Gasteiger partial charge in [0, 0.05) is 27.6 Å². The highest BCUT2D eigenvalue weighted by molar-refractivity contribution is 14.1. The van der Waals surface area contributed by atoms with Gasteiger partial charge in [0.2, 0.25) is 0 Å². The Morgan fingerprint density at radius 2 is 1.37 bits per heavy atom. The minimum atomic E-state index is -6.32. The van der Waals surface area contributed by atoms with Crippen molar-refractivity contribution >= 4 is 48.0 Å². The van der Waals surface area contributed by atoms with Gasteiger partial charge < -0.3 is 4.90 Å². The van der Waals surface area contributed by atoms with Gasteiger partial charge in [-0.25, -0.2) is 21.2 Å². The Hall–Kier alpha value is -2.40. The number of aryl methyl sites for hydroxylation is 1. The van der Waals surface area contributed by atoms with Crippen molar-refractivity contribution in [3.8, 4) is 0 Å². The Labute approximate surface area is 257 Å². The number of nitrogens with zero attached hydrogens (tertiary/aromatic N) is 1. The maximum Gasteiger partial charge on any atom is 0.435 e. The van der Waals surface area contributed by atoms with Gasteiger partial charge >= 0.3 is 18.0 Å². The number of benzene rings is 3. The molecule has 0 amide bonds. The monoisotopic (exact) mass is 761 g/mol. The highest BCUT2D eigenvalue weighted by atomic mass is 127. The summed E-state index contributed by atoms with van der Waals surface area (Å²) in [5.74, 6) is 0. The molecule has 3 aromatic rings. The highest BCUT2D eigenvalue weighted by Gasteiger charge is 2.73. The van der Waals surface area contributed by atoms with Gasteiger partial charge in [0.1, 0.15) is 4.75 Å². The summed E-state index contributed by atoms with van der Waals surface area (Å²) >= 11 is 1.99. The Morgan fingerprint density at radius 1 is 0.814 bits per heavy atom. The number of halogens is 8. The van der Waals surface area contributed by atoms with Crippen LogP contribution in [0.5, 0.6) is 0 Å². The molecule has 1 heterocycles. The van der Waals surface area contributed by atoms with Crippen LogP contribution in [0.3, 0.4) is 0 Å². The maximum atomic E-state index is 15.0. The molecule has 0 radical (unpaired) electrons. The van der Waals surface area contributed by atoms with Crippen molar-refractivity contribution in [2.24, 2.45) is 0 Å². The van der Waals surface area contributed by atoms with E-state index in [1.165, 1.54) is 36.4 Å². The molecule has 1 saturated heterocycles. The van der Waals surface area contributed by atoms with Crippen LogP contribution in [0.25, 0.3) is 0 Å². The lowest BCUT2D eigenvalue weighted by molar-refractivity contribution is -0.348. The first-order valence-electron chi connectivity index (χ1n) is 12.8. The quantitative estimate of drug-likeness (QED) is 0.210. The standard InChI is InChI=1S/C28H23F7INO4S2/c1-42(38,39)21-10-6-20(7-11-21)37-15-14-25(43(40,41)22-8-4-19(36)5-9-22)23-12-3-18(16-17(23)2-13-24(25)37)26(29,27(30,31)32)28(33,34)35/h3-12,16,24H,2,13-15H2,1H3/t24-,25-/m1/s1. The van der Waals surface area contributed by atoms with Crippen LogP contribution in [0.2, 0.25) is 0 Å². The van der Waals surface area contributed by atoms with Crippen LogP contribution in [0.4, 0.5) is 36.4 Å². The molecular formula is C28H23F7INO4S2. The lowest BCUT2D eigenvalue weighted by atomic mass is 9.76. The molecule has 0 N–H and O–H groups in total. The Balaban J connectivity index is 1.71. The third-order valence-corrected chi connectivity index (χ3v) is 12.7. The van der Waals surface area contributed by atoms with Crippen molar-refractivity contribution in [2.75, 3.05) is 17.7 Å². The van der Waals surface area contributed by atoms with Gasteiger partial charge in [0.25, 0.3) is 0 Å². The molecule has 1 aliphatic carbocycles. The molecule has 0 spiro atoms. The number of fused-ring (bicyclic) bond motifs is 3. The molecule has 5 nitrogen and oxygen atoms in total. The minimum absolute atomic E-state index is 0.00516. The Bertz CT molecular complexity index is 1760. The second-order valence-corrected chi connectivity index (χ2v) is 16.1. The zero-order valence-corrected chi connectivity index (χ0v) is 26.0. The summed E-state index contributed by atoms with van der Waals surface area (Å²) < 4.78 is 148. The fourth-order valence-electron chi connectivity index (χ4n) is 6.25. The molecule has 1 fully saturated rings. The third-order valence-electron chi connectivity index (χ3n) is 8.27. The van der Waals surface area contributed by atoms with Gasteiger partial charge in [-0.2, -0.15) is 26.3 Å². The van der Waals surface area contributed by atoms with Crippen molar-refractivity contribution in [3.05, 3.63) is 87.0 Å². The third kappa shape index (κ3) is 4.93. The fraction of sp³-hybridized carbons (Fsp3) is 0.357. The lowest BCUT2D eigenvalue weighted by Crippen LogP contribution is -2.52. The summed E-state index contributed by atoms with van der Waals surface area (Å²) in [5, 5.41) is 0. The van der Waals surface area contributed by atoms with Gasteiger partial charge in [-0.1, -0.05) is 18.2 Å². The van der Waals surface area contributed by atoms with E-state index in [4.69, 9.17) is 0 Å². The van der Waals surface area contributed by atoms with Crippen molar-refractivity contribution in [2.45, 2.75) is 57.9 Å². The van der Waals surface area contributed by atoms with Crippen LogP contribution in [0.15, 0.2) is 76.5 Å². The molecule has 15 heteroatoms. The van der Waals surface area contributed by atoms with Crippen LogP contribution in [0.1, 0.15) is 29.5 Å². The van der Waals surface area contributed by atoms with E-state index in [9.17, 15) is 47.6 Å². The average Bonchev–Trinajstić information content (AvgIpc) is 3.32. The van der Waals surface area contributed by atoms with E-state index >= 15 is 0 Å². The van der Waals surface area contributed by atoms with E-state index in [1.807, 2.05) is 22.6 Å². The molecule has 5 rings (SSSR count). The van der Waals surface area contributed by atoms with E-state index in [1.54, 1.807) is 17.0 Å². The first kappa shape index (κ1) is 32.0. The van der Waals surface area contributed by atoms with Crippen LogP contribution >= 0.6 is 22.6 Å². The van der Waals surface area contributed by atoms with Crippen LogP contribution < -0.4 is 4.90 Å². The summed E-state index contributed by atoms with van der Waals surface area (Å²) in [6.45, 7) is 0.131. The van der Waals surface area contributed by atoms with E-state index in [2.05, 4.69) is 0 Å². The van der Waals surface area contributed by atoms with Gasteiger partial charge in [0.15, 0.2) is 19.7 Å². The summed E-state index contributed by atoms with van der Waals surface area (Å²) in [6, 6.07) is 12.6. The molecule has 0 bridgehead atoms. The summed E-state index contributed by atoms with van der Waals surface area (Å²) in [7, 11) is -7.87. The highest BCUT2D eigenvalue weighted by Crippen LogP contribution is 2.57. The molecule has 2 atom stereocenters. The zero-order chi connectivity index (χ0) is 31.8.